The van der Waals surface area contributed by atoms with E-state index in [9.17, 15) is 4.79 Å². The van der Waals surface area contributed by atoms with Crippen LogP contribution in [0.5, 0.6) is 5.75 Å². The average Bonchev–Trinajstić information content (AvgIpc) is 3.05. The van der Waals surface area contributed by atoms with Crippen molar-refractivity contribution >= 4 is 5.91 Å². The van der Waals surface area contributed by atoms with Crippen LogP contribution in [0.1, 0.15) is 36.0 Å². The van der Waals surface area contributed by atoms with Crippen molar-refractivity contribution in [2.75, 3.05) is 19.6 Å². The first-order valence-electron chi connectivity index (χ1n) is 9.47. The summed E-state index contributed by atoms with van der Waals surface area (Å²) in [4.78, 5) is 13.6. The van der Waals surface area contributed by atoms with E-state index in [0.717, 1.165) is 56.8 Å². The van der Waals surface area contributed by atoms with E-state index in [4.69, 9.17) is 4.74 Å². The molecule has 0 aromatic heterocycles. The van der Waals surface area contributed by atoms with Crippen molar-refractivity contribution in [2.24, 2.45) is 0 Å². The minimum Gasteiger partial charge on any atom is -0.489 e. The van der Waals surface area contributed by atoms with E-state index < -0.39 is 0 Å². The van der Waals surface area contributed by atoms with Gasteiger partial charge in [0, 0.05) is 31.6 Å². The molecule has 0 saturated carbocycles. The smallest absolute Gasteiger partial charge is 0.222 e. The van der Waals surface area contributed by atoms with Gasteiger partial charge in [-0.15, -0.1) is 0 Å². The van der Waals surface area contributed by atoms with E-state index in [1.807, 2.05) is 23.1 Å². The van der Waals surface area contributed by atoms with Gasteiger partial charge in [0.25, 0.3) is 0 Å². The summed E-state index contributed by atoms with van der Waals surface area (Å²) < 4.78 is 6.04. The Balaban J connectivity index is 1.44. The number of para-hydroxylation sites is 1. The van der Waals surface area contributed by atoms with E-state index >= 15 is 0 Å². The van der Waals surface area contributed by atoms with Gasteiger partial charge >= 0.3 is 0 Å². The third-order valence-electron chi connectivity index (χ3n) is 4.72. The SMILES string of the molecule is Cc1cccc(COc2ccccc2CNCCCN2CCCC2=O)c1. The van der Waals surface area contributed by atoms with Gasteiger partial charge in [0.1, 0.15) is 12.4 Å². The fraction of sp³-hybridized carbons (Fsp3) is 0.409. The number of hydrogen-bond acceptors (Lipinski definition) is 3. The fourth-order valence-electron chi connectivity index (χ4n) is 3.31. The first-order valence-corrected chi connectivity index (χ1v) is 9.47. The van der Waals surface area contributed by atoms with E-state index in [-0.39, 0.29) is 0 Å². The van der Waals surface area contributed by atoms with Crippen molar-refractivity contribution in [3.8, 4) is 5.75 Å². The van der Waals surface area contributed by atoms with Crippen LogP contribution in [0.4, 0.5) is 0 Å². The molecule has 2 aromatic rings. The molecule has 1 aliphatic rings. The highest BCUT2D eigenvalue weighted by Gasteiger charge is 2.18. The van der Waals surface area contributed by atoms with Crippen LogP contribution in [0.25, 0.3) is 0 Å². The second-order valence-corrected chi connectivity index (χ2v) is 6.90. The number of amides is 1. The Hall–Kier alpha value is -2.33. The standard InChI is InChI=1S/C22H28N2O2/c1-18-7-4-8-19(15-18)17-26-21-10-3-2-9-20(21)16-23-12-6-14-24-13-5-11-22(24)25/h2-4,7-10,15,23H,5-6,11-14,16-17H2,1H3. The van der Waals surface area contributed by atoms with Gasteiger partial charge in [0.05, 0.1) is 0 Å². The molecule has 1 N–H and O–H groups in total. The third-order valence-corrected chi connectivity index (χ3v) is 4.72. The lowest BCUT2D eigenvalue weighted by Gasteiger charge is -2.16. The Morgan fingerprint density at radius 2 is 2.04 bits per heavy atom. The fourth-order valence-corrected chi connectivity index (χ4v) is 3.31. The lowest BCUT2D eigenvalue weighted by Crippen LogP contribution is -2.28. The molecule has 1 heterocycles. The van der Waals surface area contributed by atoms with Gasteiger partial charge in [-0.25, -0.2) is 0 Å². The Kier molecular flexibility index (Phi) is 6.67. The van der Waals surface area contributed by atoms with Crippen LogP contribution in [0.3, 0.4) is 0 Å². The maximum atomic E-state index is 11.6. The number of nitrogens with zero attached hydrogens (tertiary/aromatic N) is 1. The molecule has 4 heteroatoms. The van der Waals surface area contributed by atoms with Crippen LogP contribution in [-0.4, -0.2) is 30.4 Å². The second-order valence-electron chi connectivity index (χ2n) is 6.90. The normalized spacial score (nSPS) is 14.0. The maximum absolute atomic E-state index is 11.6. The average molecular weight is 352 g/mol. The molecule has 1 saturated heterocycles. The molecule has 0 spiro atoms. The highest BCUT2D eigenvalue weighted by Crippen LogP contribution is 2.19. The largest absolute Gasteiger partial charge is 0.489 e. The number of benzene rings is 2. The van der Waals surface area contributed by atoms with Gasteiger partial charge < -0.3 is 15.0 Å². The molecule has 0 bridgehead atoms. The molecule has 2 aromatic carbocycles. The van der Waals surface area contributed by atoms with Crippen molar-refractivity contribution < 1.29 is 9.53 Å². The molecule has 3 rings (SSSR count). The molecule has 0 atom stereocenters. The second kappa shape index (κ2) is 9.39. The van der Waals surface area contributed by atoms with Crippen molar-refractivity contribution in [1.82, 2.24) is 10.2 Å². The van der Waals surface area contributed by atoms with Crippen molar-refractivity contribution in [3.05, 3.63) is 65.2 Å². The molecule has 138 valence electrons. The van der Waals surface area contributed by atoms with Gasteiger partial charge in [-0.1, -0.05) is 48.0 Å². The Morgan fingerprint density at radius 1 is 1.15 bits per heavy atom. The summed E-state index contributed by atoms with van der Waals surface area (Å²) in [6, 6.07) is 16.6. The molecule has 0 aliphatic carbocycles. The lowest BCUT2D eigenvalue weighted by atomic mass is 10.1. The number of rotatable bonds is 9. The molecular formula is C22H28N2O2. The number of carbonyl (C=O) groups is 1. The maximum Gasteiger partial charge on any atom is 0.222 e. The lowest BCUT2D eigenvalue weighted by molar-refractivity contribution is -0.127. The number of nitrogens with one attached hydrogen (secondary N) is 1. The molecule has 0 unspecified atom stereocenters. The Bertz CT molecular complexity index is 730. The quantitative estimate of drug-likeness (QED) is 0.700. The molecule has 1 aliphatic heterocycles. The number of ether oxygens (including phenoxy) is 1. The van der Waals surface area contributed by atoms with Gasteiger partial charge in [-0.3, -0.25) is 4.79 Å². The third kappa shape index (κ3) is 5.33. The predicted molar refractivity (Wildman–Crippen MR) is 104 cm³/mol. The van der Waals surface area contributed by atoms with E-state index in [1.165, 1.54) is 11.1 Å². The van der Waals surface area contributed by atoms with Crippen molar-refractivity contribution in [1.29, 1.82) is 0 Å². The first kappa shape index (κ1) is 18.5. The minimum absolute atomic E-state index is 0.305. The van der Waals surface area contributed by atoms with Gasteiger partial charge in [0.2, 0.25) is 5.91 Å². The van der Waals surface area contributed by atoms with Gasteiger partial charge in [0.15, 0.2) is 0 Å². The van der Waals surface area contributed by atoms with Crippen LogP contribution in [0, 0.1) is 6.92 Å². The zero-order valence-corrected chi connectivity index (χ0v) is 15.5. The Morgan fingerprint density at radius 3 is 2.85 bits per heavy atom. The van der Waals surface area contributed by atoms with Gasteiger partial charge in [-0.2, -0.15) is 0 Å². The molecular weight excluding hydrogens is 324 g/mol. The molecule has 1 amide bonds. The Labute approximate surface area is 156 Å². The van der Waals surface area contributed by atoms with Crippen LogP contribution in [0.15, 0.2) is 48.5 Å². The number of carbonyl (C=O) groups excluding carboxylic acids is 1. The number of aryl methyl sites for hydroxylation is 1. The first-order chi connectivity index (χ1) is 12.7. The summed E-state index contributed by atoms with van der Waals surface area (Å²) in [6.07, 6.45) is 2.72. The van der Waals surface area contributed by atoms with Crippen LogP contribution in [0.2, 0.25) is 0 Å². The molecule has 1 fully saturated rings. The summed E-state index contributed by atoms with van der Waals surface area (Å²) in [5.74, 6) is 1.23. The zero-order valence-electron chi connectivity index (χ0n) is 15.5. The monoisotopic (exact) mass is 352 g/mol. The summed E-state index contributed by atoms with van der Waals surface area (Å²) in [6.45, 7) is 6.13. The topological polar surface area (TPSA) is 41.6 Å². The van der Waals surface area contributed by atoms with E-state index in [0.29, 0.717) is 12.5 Å². The van der Waals surface area contributed by atoms with Crippen LogP contribution >= 0.6 is 0 Å². The molecule has 0 radical (unpaired) electrons. The van der Waals surface area contributed by atoms with Crippen LogP contribution in [-0.2, 0) is 17.9 Å². The summed E-state index contributed by atoms with van der Waals surface area (Å²) in [5.41, 5.74) is 3.60. The van der Waals surface area contributed by atoms with Crippen LogP contribution < -0.4 is 10.1 Å². The van der Waals surface area contributed by atoms with Crippen molar-refractivity contribution in [2.45, 2.75) is 39.3 Å². The number of likely N-dealkylation sites (tertiary alicyclic amines) is 1. The predicted octanol–water partition coefficient (Wildman–Crippen LogP) is 3.68. The molecule has 4 nitrogen and oxygen atoms in total. The van der Waals surface area contributed by atoms with Gasteiger partial charge in [-0.05, 0) is 37.9 Å². The zero-order chi connectivity index (χ0) is 18.2. The van der Waals surface area contributed by atoms with Crippen molar-refractivity contribution in [3.63, 3.8) is 0 Å². The highest BCUT2D eigenvalue weighted by molar-refractivity contribution is 5.77. The minimum atomic E-state index is 0.305. The highest BCUT2D eigenvalue weighted by atomic mass is 16.5. The molecule has 26 heavy (non-hydrogen) atoms. The van der Waals surface area contributed by atoms with E-state index in [1.54, 1.807) is 0 Å². The summed E-state index contributed by atoms with van der Waals surface area (Å²) >= 11 is 0. The summed E-state index contributed by atoms with van der Waals surface area (Å²) in [5, 5.41) is 3.47. The summed E-state index contributed by atoms with van der Waals surface area (Å²) in [7, 11) is 0. The van der Waals surface area contributed by atoms with E-state index in [2.05, 4.69) is 42.6 Å². The number of hydrogen-bond donors (Lipinski definition) is 1.